The lowest BCUT2D eigenvalue weighted by Gasteiger charge is -2.42. The van der Waals surface area contributed by atoms with Crippen LogP contribution in [0.2, 0.25) is 0 Å². The van der Waals surface area contributed by atoms with Gasteiger partial charge in [-0.3, -0.25) is 14.6 Å². The van der Waals surface area contributed by atoms with Crippen molar-refractivity contribution >= 4 is 11.8 Å². The molecule has 1 atom stereocenters. The van der Waals surface area contributed by atoms with E-state index in [1.165, 1.54) is 6.92 Å². The van der Waals surface area contributed by atoms with Crippen LogP contribution in [0.15, 0.2) is 0 Å². The summed E-state index contributed by atoms with van der Waals surface area (Å²) in [6, 6.07) is 0.0534. The number of amides is 2. The van der Waals surface area contributed by atoms with Gasteiger partial charge in [-0.2, -0.15) is 0 Å². The number of hydrogen-bond acceptors (Lipinski definition) is 3. The molecule has 0 aliphatic carbocycles. The van der Waals surface area contributed by atoms with Gasteiger partial charge in [-0.1, -0.05) is 0 Å². The summed E-state index contributed by atoms with van der Waals surface area (Å²) in [5.41, 5.74) is 0. The maximum absolute atomic E-state index is 11.8. The van der Waals surface area contributed by atoms with Crippen LogP contribution >= 0.6 is 0 Å². The highest BCUT2D eigenvalue weighted by molar-refractivity contribution is 5.81. The Labute approximate surface area is 88.9 Å². The maximum Gasteiger partial charge on any atom is 0.243 e. The average molecular weight is 212 g/mol. The van der Waals surface area contributed by atoms with E-state index in [4.69, 9.17) is 4.74 Å². The normalized spacial score (nSPS) is 27.3. The van der Waals surface area contributed by atoms with Crippen LogP contribution in [0.25, 0.3) is 0 Å². The average Bonchev–Trinajstić information content (AvgIpc) is 2.40. The van der Waals surface area contributed by atoms with Gasteiger partial charge in [0.15, 0.2) is 0 Å². The van der Waals surface area contributed by atoms with Crippen LogP contribution in [-0.4, -0.2) is 47.6 Å². The molecule has 0 bridgehead atoms. The predicted molar refractivity (Wildman–Crippen MR) is 52.7 cm³/mol. The molecule has 0 radical (unpaired) electrons. The van der Waals surface area contributed by atoms with Crippen molar-refractivity contribution in [1.29, 1.82) is 0 Å². The van der Waals surface area contributed by atoms with Gasteiger partial charge in [0.05, 0.1) is 25.7 Å². The molecule has 1 unspecified atom stereocenters. The van der Waals surface area contributed by atoms with Crippen LogP contribution in [0.4, 0.5) is 0 Å². The first-order chi connectivity index (χ1) is 7.20. The molecule has 2 rings (SSSR count). The zero-order chi connectivity index (χ0) is 10.8. The molecule has 0 N–H and O–H groups in total. The third-order valence-corrected chi connectivity index (χ3v) is 2.90. The van der Waals surface area contributed by atoms with Crippen molar-refractivity contribution in [3.63, 3.8) is 0 Å². The fourth-order valence-corrected chi connectivity index (χ4v) is 2.20. The summed E-state index contributed by atoms with van der Waals surface area (Å²) in [6.45, 7) is 3.17. The fraction of sp³-hybridized carbons (Fsp3) is 0.800. The summed E-state index contributed by atoms with van der Waals surface area (Å²) in [7, 11) is 0. The number of rotatable bonds is 0. The fourth-order valence-electron chi connectivity index (χ4n) is 2.20. The van der Waals surface area contributed by atoms with Gasteiger partial charge in [0, 0.05) is 13.5 Å². The largest absolute Gasteiger partial charge is 0.379 e. The van der Waals surface area contributed by atoms with Gasteiger partial charge in [0.1, 0.15) is 0 Å². The molecule has 0 spiro atoms. The number of fused-ring (bicyclic) bond motifs is 1. The van der Waals surface area contributed by atoms with Gasteiger partial charge in [-0.25, -0.2) is 5.01 Å². The highest BCUT2D eigenvalue weighted by atomic mass is 16.5. The van der Waals surface area contributed by atoms with E-state index >= 15 is 0 Å². The Kier molecular flexibility index (Phi) is 2.90. The Bertz CT molecular complexity index is 280. The number of carbonyl (C=O) groups is 2. The van der Waals surface area contributed by atoms with Crippen molar-refractivity contribution < 1.29 is 14.3 Å². The Morgan fingerprint density at radius 1 is 1.53 bits per heavy atom. The second-order valence-electron chi connectivity index (χ2n) is 4.00. The first-order valence-corrected chi connectivity index (χ1v) is 5.38. The summed E-state index contributed by atoms with van der Waals surface area (Å²) in [5, 5.41) is 3.17. The zero-order valence-electron chi connectivity index (χ0n) is 8.94. The van der Waals surface area contributed by atoms with Crippen LogP contribution in [0, 0.1) is 0 Å². The van der Waals surface area contributed by atoms with E-state index in [1.807, 2.05) is 0 Å². The topological polar surface area (TPSA) is 49.9 Å². The van der Waals surface area contributed by atoms with Gasteiger partial charge in [-0.15, -0.1) is 0 Å². The summed E-state index contributed by atoms with van der Waals surface area (Å²) < 4.78 is 5.36. The van der Waals surface area contributed by atoms with Crippen LogP contribution in [0.3, 0.4) is 0 Å². The lowest BCUT2D eigenvalue weighted by atomic mass is 10.1. The lowest BCUT2D eigenvalue weighted by Crippen LogP contribution is -2.57. The van der Waals surface area contributed by atoms with E-state index in [9.17, 15) is 9.59 Å². The first-order valence-electron chi connectivity index (χ1n) is 5.38. The van der Waals surface area contributed by atoms with Crippen molar-refractivity contribution in [3.8, 4) is 0 Å². The van der Waals surface area contributed by atoms with E-state index in [0.29, 0.717) is 26.2 Å². The van der Waals surface area contributed by atoms with E-state index in [0.717, 1.165) is 12.8 Å². The van der Waals surface area contributed by atoms with E-state index < -0.39 is 0 Å². The van der Waals surface area contributed by atoms with Gasteiger partial charge < -0.3 is 4.74 Å². The SMILES string of the molecule is CC(=O)N1CCCC2COCCC(=O)N21. The standard InChI is InChI=1S/C10H16N2O3/c1-8(13)11-5-2-3-9-7-15-6-4-10(14)12(9)11/h9H,2-7H2,1H3. The third kappa shape index (κ3) is 1.97. The molecule has 5 nitrogen and oxygen atoms in total. The highest BCUT2D eigenvalue weighted by Crippen LogP contribution is 2.21. The van der Waals surface area contributed by atoms with E-state index in [1.54, 1.807) is 10.0 Å². The molecule has 15 heavy (non-hydrogen) atoms. The lowest BCUT2D eigenvalue weighted by molar-refractivity contribution is -0.173. The molecule has 2 fully saturated rings. The number of ether oxygens (including phenoxy) is 1. The molecule has 2 heterocycles. The molecule has 0 aromatic carbocycles. The Balaban J connectivity index is 2.20. The van der Waals surface area contributed by atoms with Crippen LogP contribution < -0.4 is 0 Å². The summed E-state index contributed by atoms with van der Waals surface area (Å²) in [6.07, 6.45) is 2.24. The molecule has 5 heteroatoms. The molecule has 2 aliphatic rings. The Morgan fingerprint density at radius 3 is 3.07 bits per heavy atom. The van der Waals surface area contributed by atoms with Gasteiger partial charge in [0.2, 0.25) is 11.8 Å². The summed E-state index contributed by atoms with van der Waals surface area (Å²) in [5.74, 6) is -0.0534. The molecule has 2 amide bonds. The molecule has 2 saturated heterocycles. The third-order valence-electron chi connectivity index (χ3n) is 2.90. The van der Waals surface area contributed by atoms with Crippen LogP contribution in [0.5, 0.6) is 0 Å². The van der Waals surface area contributed by atoms with Crippen molar-refractivity contribution in [2.45, 2.75) is 32.2 Å². The maximum atomic E-state index is 11.8. The Hall–Kier alpha value is -1.10. The first kappa shape index (κ1) is 10.4. The highest BCUT2D eigenvalue weighted by Gasteiger charge is 2.35. The van der Waals surface area contributed by atoms with Crippen molar-refractivity contribution in [3.05, 3.63) is 0 Å². The second kappa shape index (κ2) is 4.18. The molecule has 0 aromatic rings. The number of hydrogen-bond donors (Lipinski definition) is 0. The van der Waals surface area contributed by atoms with Gasteiger partial charge in [0.25, 0.3) is 0 Å². The predicted octanol–water partition coefficient (Wildman–Crippen LogP) is 0.161. The minimum Gasteiger partial charge on any atom is -0.379 e. The molecule has 0 aromatic heterocycles. The quantitative estimate of drug-likeness (QED) is 0.574. The van der Waals surface area contributed by atoms with Crippen molar-refractivity contribution in [2.75, 3.05) is 19.8 Å². The summed E-state index contributed by atoms with van der Waals surface area (Å²) in [4.78, 5) is 23.2. The van der Waals surface area contributed by atoms with E-state index in [2.05, 4.69) is 0 Å². The second-order valence-corrected chi connectivity index (χ2v) is 4.00. The minimum absolute atomic E-state index is 0.00685. The molecular formula is C10H16N2O3. The molecule has 2 aliphatic heterocycles. The Morgan fingerprint density at radius 2 is 2.33 bits per heavy atom. The molecule has 0 saturated carbocycles. The van der Waals surface area contributed by atoms with Crippen LogP contribution in [-0.2, 0) is 14.3 Å². The molecule has 84 valence electrons. The number of hydrazine groups is 1. The number of nitrogens with zero attached hydrogens (tertiary/aromatic N) is 2. The zero-order valence-corrected chi connectivity index (χ0v) is 8.94. The smallest absolute Gasteiger partial charge is 0.243 e. The van der Waals surface area contributed by atoms with Gasteiger partial charge in [-0.05, 0) is 12.8 Å². The molecular weight excluding hydrogens is 196 g/mol. The van der Waals surface area contributed by atoms with E-state index in [-0.39, 0.29) is 17.9 Å². The van der Waals surface area contributed by atoms with Crippen LogP contribution in [0.1, 0.15) is 26.2 Å². The number of carbonyl (C=O) groups excluding carboxylic acids is 2. The minimum atomic E-state index is -0.0602. The summed E-state index contributed by atoms with van der Waals surface area (Å²) >= 11 is 0. The monoisotopic (exact) mass is 212 g/mol. The van der Waals surface area contributed by atoms with Crippen molar-refractivity contribution in [1.82, 2.24) is 10.0 Å². The van der Waals surface area contributed by atoms with Crippen molar-refractivity contribution in [2.24, 2.45) is 0 Å². The van der Waals surface area contributed by atoms with Gasteiger partial charge >= 0.3 is 0 Å².